The zero-order chi connectivity index (χ0) is 17.9. The van der Waals surface area contributed by atoms with Crippen molar-refractivity contribution < 1.29 is 31.5 Å². The molecule has 1 aromatic rings. The highest BCUT2D eigenvalue weighted by Crippen LogP contribution is 2.10. The lowest BCUT2D eigenvalue weighted by atomic mass is 10.2. The summed E-state index contributed by atoms with van der Waals surface area (Å²) in [7, 11) is -3.31. The first kappa shape index (κ1) is 18.3. The first-order valence-electron chi connectivity index (χ1n) is 7.03. The molecule has 1 aliphatic heterocycles. The molecule has 10 heteroatoms. The van der Waals surface area contributed by atoms with E-state index in [2.05, 4.69) is 0 Å². The molecule has 2 rings (SSSR count). The van der Waals surface area contributed by atoms with Crippen molar-refractivity contribution in [3.05, 3.63) is 35.4 Å². The van der Waals surface area contributed by atoms with Crippen LogP contribution in [0.4, 0.5) is 8.78 Å². The van der Waals surface area contributed by atoms with Crippen molar-refractivity contribution >= 4 is 21.9 Å². The van der Waals surface area contributed by atoms with Crippen LogP contribution in [0, 0.1) is 11.6 Å². The number of benzene rings is 1. The molecule has 0 spiro atoms. The van der Waals surface area contributed by atoms with E-state index in [-0.39, 0.29) is 31.7 Å². The number of sulfonamides is 1. The lowest BCUT2D eigenvalue weighted by Gasteiger charge is -2.33. The summed E-state index contributed by atoms with van der Waals surface area (Å²) >= 11 is 0. The molecule has 1 fully saturated rings. The normalized spacial score (nSPS) is 16.0. The highest BCUT2D eigenvalue weighted by Gasteiger charge is 2.26. The number of carbonyl (C=O) groups is 2. The van der Waals surface area contributed by atoms with Gasteiger partial charge in [0.15, 0.2) is 6.61 Å². The number of ether oxygens (including phenoxy) is 1. The molecule has 0 aliphatic carbocycles. The minimum Gasteiger partial charge on any atom is -0.452 e. The second kappa shape index (κ2) is 7.22. The number of esters is 1. The zero-order valence-electron chi connectivity index (χ0n) is 12.9. The van der Waals surface area contributed by atoms with Gasteiger partial charge in [0, 0.05) is 32.2 Å². The Morgan fingerprint density at radius 2 is 1.62 bits per heavy atom. The molecule has 0 bridgehead atoms. The molecule has 132 valence electrons. The fourth-order valence-corrected chi connectivity index (χ4v) is 3.07. The summed E-state index contributed by atoms with van der Waals surface area (Å²) in [6.07, 6.45) is 1.09. The second-order valence-corrected chi connectivity index (χ2v) is 7.26. The van der Waals surface area contributed by atoms with Crippen LogP contribution in [0.1, 0.15) is 10.4 Å². The maximum absolute atomic E-state index is 13.0. The maximum Gasteiger partial charge on any atom is 0.338 e. The number of hydrogen-bond donors (Lipinski definition) is 0. The molecular weight excluding hydrogens is 346 g/mol. The Kier molecular flexibility index (Phi) is 5.50. The largest absolute Gasteiger partial charge is 0.452 e. The molecule has 1 aliphatic rings. The van der Waals surface area contributed by atoms with Gasteiger partial charge < -0.3 is 9.64 Å². The van der Waals surface area contributed by atoms with Gasteiger partial charge in [0.2, 0.25) is 10.0 Å². The summed E-state index contributed by atoms with van der Waals surface area (Å²) in [5.41, 5.74) is -0.331. The van der Waals surface area contributed by atoms with Crippen molar-refractivity contribution in [3.8, 4) is 0 Å². The quantitative estimate of drug-likeness (QED) is 0.716. The first-order valence-corrected chi connectivity index (χ1v) is 8.88. The average molecular weight is 362 g/mol. The Labute approximate surface area is 137 Å². The maximum atomic E-state index is 13.0. The number of rotatable bonds is 4. The fraction of sp³-hybridized carbons (Fsp3) is 0.429. The molecular formula is C14H16F2N2O5S. The fourth-order valence-electron chi connectivity index (χ4n) is 2.24. The Balaban J connectivity index is 1.86. The number of nitrogens with zero attached hydrogens (tertiary/aromatic N) is 2. The molecule has 24 heavy (non-hydrogen) atoms. The van der Waals surface area contributed by atoms with Crippen molar-refractivity contribution in [1.29, 1.82) is 0 Å². The molecule has 0 unspecified atom stereocenters. The average Bonchev–Trinajstić information content (AvgIpc) is 2.50. The van der Waals surface area contributed by atoms with Crippen molar-refractivity contribution in [3.63, 3.8) is 0 Å². The van der Waals surface area contributed by atoms with Gasteiger partial charge in [-0.25, -0.2) is 22.0 Å². The van der Waals surface area contributed by atoms with Gasteiger partial charge in [0.1, 0.15) is 11.6 Å². The van der Waals surface area contributed by atoms with Crippen LogP contribution in [0.3, 0.4) is 0 Å². The Morgan fingerprint density at radius 3 is 2.12 bits per heavy atom. The van der Waals surface area contributed by atoms with E-state index in [1.165, 1.54) is 9.21 Å². The zero-order valence-corrected chi connectivity index (χ0v) is 13.7. The third kappa shape index (κ3) is 4.71. The highest BCUT2D eigenvalue weighted by molar-refractivity contribution is 7.88. The van der Waals surface area contributed by atoms with E-state index in [0.29, 0.717) is 6.07 Å². The van der Waals surface area contributed by atoms with Gasteiger partial charge in [0.25, 0.3) is 5.91 Å². The summed E-state index contributed by atoms with van der Waals surface area (Å²) in [5, 5.41) is 0. The van der Waals surface area contributed by atoms with Crippen LogP contribution in [-0.2, 0) is 19.6 Å². The standard InChI is InChI=1S/C14H16F2N2O5S/c1-24(21,22)18-4-2-17(3-5-18)13(19)9-23-14(20)10-6-11(15)8-12(16)7-10/h6-8H,2-5,9H2,1H3. The van der Waals surface area contributed by atoms with E-state index in [1.807, 2.05) is 0 Å². The Bertz CT molecular complexity index is 725. The smallest absolute Gasteiger partial charge is 0.338 e. The number of hydrogen-bond acceptors (Lipinski definition) is 5. The Morgan fingerprint density at radius 1 is 1.08 bits per heavy atom. The van der Waals surface area contributed by atoms with Gasteiger partial charge >= 0.3 is 5.97 Å². The summed E-state index contributed by atoms with van der Waals surface area (Å²) in [6, 6.07) is 2.23. The highest BCUT2D eigenvalue weighted by atomic mass is 32.2. The lowest BCUT2D eigenvalue weighted by Crippen LogP contribution is -2.51. The van der Waals surface area contributed by atoms with Gasteiger partial charge in [-0.2, -0.15) is 4.31 Å². The van der Waals surface area contributed by atoms with E-state index in [4.69, 9.17) is 4.74 Å². The van der Waals surface area contributed by atoms with Crippen LogP contribution < -0.4 is 0 Å². The first-order chi connectivity index (χ1) is 11.2. The molecule has 0 atom stereocenters. The van der Waals surface area contributed by atoms with Gasteiger partial charge in [-0.05, 0) is 12.1 Å². The summed E-state index contributed by atoms with van der Waals surface area (Å²) in [6.45, 7) is 0.0905. The number of amides is 1. The molecule has 0 N–H and O–H groups in total. The molecule has 0 aromatic heterocycles. The monoisotopic (exact) mass is 362 g/mol. The molecule has 1 amide bonds. The molecule has 7 nitrogen and oxygen atoms in total. The molecule has 1 saturated heterocycles. The molecule has 1 aromatic carbocycles. The summed E-state index contributed by atoms with van der Waals surface area (Å²) in [4.78, 5) is 25.0. The van der Waals surface area contributed by atoms with Crippen LogP contribution in [-0.4, -0.2) is 68.5 Å². The predicted octanol–water partition coefficient (Wildman–Crippen LogP) is 0.225. The Hall–Kier alpha value is -2.07. The van der Waals surface area contributed by atoms with Crippen LogP contribution in [0.5, 0.6) is 0 Å². The van der Waals surface area contributed by atoms with Gasteiger partial charge in [-0.3, -0.25) is 4.79 Å². The van der Waals surface area contributed by atoms with E-state index in [0.717, 1.165) is 18.4 Å². The molecule has 1 heterocycles. The van der Waals surface area contributed by atoms with Crippen LogP contribution in [0.25, 0.3) is 0 Å². The third-order valence-corrected chi connectivity index (χ3v) is 4.79. The molecule has 0 saturated carbocycles. The number of piperazine rings is 1. The predicted molar refractivity (Wildman–Crippen MR) is 79.6 cm³/mol. The summed E-state index contributed by atoms with van der Waals surface area (Å²) in [5.74, 6) is -3.37. The van der Waals surface area contributed by atoms with Gasteiger partial charge in [-0.15, -0.1) is 0 Å². The topological polar surface area (TPSA) is 84.0 Å². The molecule has 0 radical (unpaired) electrons. The minimum absolute atomic E-state index is 0.160. The lowest BCUT2D eigenvalue weighted by molar-refractivity contribution is -0.135. The van der Waals surface area contributed by atoms with Crippen LogP contribution in [0.15, 0.2) is 18.2 Å². The van der Waals surface area contributed by atoms with E-state index in [9.17, 15) is 26.8 Å². The summed E-state index contributed by atoms with van der Waals surface area (Å²) < 4.78 is 54.8. The van der Waals surface area contributed by atoms with Crippen LogP contribution in [0.2, 0.25) is 0 Å². The van der Waals surface area contributed by atoms with Gasteiger partial charge in [-0.1, -0.05) is 0 Å². The van der Waals surface area contributed by atoms with Crippen molar-refractivity contribution in [1.82, 2.24) is 9.21 Å². The van der Waals surface area contributed by atoms with Crippen molar-refractivity contribution in [2.24, 2.45) is 0 Å². The van der Waals surface area contributed by atoms with E-state index >= 15 is 0 Å². The van der Waals surface area contributed by atoms with Gasteiger partial charge in [0.05, 0.1) is 11.8 Å². The number of carbonyl (C=O) groups excluding carboxylic acids is 2. The SMILES string of the molecule is CS(=O)(=O)N1CCN(C(=O)COC(=O)c2cc(F)cc(F)c2)CC1. The van der Waals surface area contributed by atoms with E-state index < -0.39 is 40.1 Å². The number of halogens is 2. The van der Waals surface area contributed by atoms with Crippen LogP contribution >= 0.6 is 0 Å². The van der Waals surface area contributed by atoms with E-state index in [1.54, 1.807) is 0 Å². The second-order valence-electron chi connectivity index (χ2n) is 5.28. The third-order valence-electron chi connectivity index (χ3n) is 3.49. The minimum atomic E-state index is -3.31. The van der Waals surface area contributed by atoms with Crippen molar-refractivity contribution in [2.45, 2.75) is 0 Å². The van der Waals surface area contributed by atoms with Crippen molar-refractivity contribution in [2.75, 3.05) is 39.0 Å².